The summed E-state index contributed by atoms with van der Waals surface area (Å²) in [7, 11) is 0. The molecule has 0 unspecified atom stereocenters. The van der Waals surface area contributed by atoms with Crippen LogP contribution in [0.25, 0.3) is 11.3 Å². The number of halogens is 2. The highest BCUT2D eigenvalue weighted by atomic mass is 35.5. The van der Waals surface area contributed by atoms with E-state index in [1.807, 2.05) is 0 Å². The highest BCUT2D eigenvalue weighted by molar-refractivity contribution is 6.31. The normalized spacial score (nSPS) is 10.4. The van der Waals surface area contributed by atoms with Crippen LogP contribution in [0, 0.1) is 5.82 Å². The van der Waals surface area contributed by atoms with Gasteiger partial charge in [-0.1, -0.05) is 17.7 Å². The lowest BCUT2D eigenvalue weighted by atomic mass is 10.1. The van der Waals surface area contributed by atoms with E-state index in [9.17, 15) is 9.18 Å². The third kappa shape index (κ3) is 2.36. The number of H-pyrrole nitrogens is 1. The summed E-state index contributed by atoms with van der Waals surface area (Å²) in [6, 6.07) is 6.01. The average molecular weight is 269 g/mol. The maximum absolute atomic E-state index is 13.7. The number of hydrogen-bond donors (Lipinski definition) is 1. The fraction of sp³-hybridized carbons (Fsp3) is 0.167. The molecule has 4 nitrogen and oxygen atoms in total. The zero-order chi connectivity index (χ0) is 13.1. The molecular weight excluding hydrogens is 259 g/mol. The van der Waals surface area contributed by atoms with Crippen molar-refractivity contribution in [2.75, 3.05) is 6.61 Å². The number of carbonyl (C=O) groups is 1. The number of aromatic amines is 1. The van der Waals surface area contributed by atoms with Crippen molar-refractivity contribution in [3.05, 3.63) is 40.8 Å². The van der Waals surface area contributed by atoms with Crippen LogP contribution in [0.1, 0.15) is 17.4 Å². The van der Waals surface area contributed by atoms with Gasteiger partial charge in [0.25, 0.3) is 0 Å². The Morgan fingerprint density at radius 3 is 3.06 bits per heavy atom. The molecule has 0 radical (unpaired) electrons. The molecule has 0 amide bonds. The Hall–Kier alpha value is -1.88. The molecule has 0 aliphatic heterocycles. The zero-order valence-corrected chi connectivity index (χ0v) is 10.3. The molecule has 0 saturated carbocycles. The first-order valence-electron chi connectivity index (χ1n) is 5.30. The number of benzene rings is 1. The average Bonchev–Trinajstić information content (AvgIpc) is 2.82. The summed E-state index contributed by atoms with van der Waals surface area (Å²) >= 11 is 5.68. The maximum Gasteiger partial charge on any atom is 0.356 e. The van der Waals surface area contributed by atoms with Crippen molar-refractivity contribution < 1.29 is 13.9 Å². The van der Waals surface area contributed by atoms with Gasteiger partial charge in [-0.25, -0.2) is 9.18 Å². The molecular formula is C12H10ClFN2O2. The number of ether oxygens (including phenoxy) is 1. The van der Waals surface area contributed by atoms with Crippen molar-refractivity contribution in [2.45, 2.75) is 6.92 Å². The zero-order valence-electron chi connectivity index (χ0n) is 9.54. The first-order chi connectivity index (χ1) is 8.63. The quantitative estimate of drug-likeness (QED) is 0.871. The van der Waals surface area contributed by atoms with Crippen LogP contribution < -0.4 is 0 Å². The molecule has 1 heterocycles. The van der Waals surface area contributed by atoms with E-state index < -0.39 is 11.8 Å². The van der Waals surface area contributed by atoms with Gasteiger partial charge in [0.2, 0.25) is 0 Å². The van der Waals surface area contributed by atoms with Gasteiger partial charge in [0, 0.05) is 5.56 Å². The van der Waals surface area contributed by atoms with Gasteiger partial charge in [-0.15, -0.1) is 0 Å². The van der Waals surface area contributed by atoms with Crippen molar-refractivity contribution >= 4 is 17.6 Å². The second-order valence-electron chi connectivity index (χ2n) is 3.49. The molecule has 0 aliphatic rings. The third-order valence-electron chi connectivity index (χ3n) is 2.30. The monoisotopic (exact) mass is 268 g/mol. The molecule has 0 spiro atoms. The van der Waals surface area contributed by atoms with Crippen LogP contribution in [-0.2, 0) is 4.74 Å². The van der Waals surface area contributed by atoms with Crippen LogP contribution >= 0.6 is 11.6 Å². The molecule has 18 heavy (non-hydrogen) atoms. The van der Waals surface area contributed by atoms with Gasteiger partial charge < -0.3 is 4.74 Å². The number of nitrogens with one attached hydrogen (secondary N) is 1. The molecule has 0 saturated heterocycles. The smallest absolute Gasteiger partial charge is 0.356 e. The van der Waals surface area contributed by atoms with Crippen LogP contribution in [0.2, 0.25) is 5.02 Å². The summed E-state index contributed by atoms with van der Waals surface area (Å²) < 4.78 is 18.5. The van der Waals surface area contributed by atoms with Crippen molar-refractivity contribution in [3.63, 3.8) is 0 Å². The minimum absolute atomic E-state index is 0.00758. The molecule has 2 rings (SSSR count). The van der Waals surface area contributed by atoms with Gasteiger partial charge in [0.05, 0.1) is 17.3 Å². The Balaban J connectivity index is 2.35. The number of esters is 1. The first-order valence-corrected chi connectivity index (χ1v) is 5.68. The highest BCUT2D eigenvalue weighted by Crippen LogP contribution is 2.26. The Morgan fingerprint density at radius 1 is 1.56 bits per heavy atom. The molecule has 6 heteroatoms. The predicted molar refractivity (Wildman–Crippen MR) is 64.9 cm³/mol. The van der Waals surface area contributed by atoms with Crippen LogP contribution in [0.4, 0.5) is 4.39 Å². The SMILES string of the molecule is CCOC(=O)c1cc(-c2cccc(Cl)c2F)n[nH]1. The number of hydrogen-bond acceptors (Lipinski definition) is 3. The minimum Gasteiger partial charge on any atom is -0.461 e. The molecule has 0 fully saturated rings. The van der Waals surface area contributed by atoms with E-state index in [-0.39, 0.29) is 22.9 Å². The van der Waals surface area contributed by atoms with Crippen LogP contribution in [0.5, 0.6) is 0 Å². The van der Waals surface area contributed by atoms with Crippen LogP contribution in [0.3, 0.4) is 0 Å². The fourth-order valence-electron chi connectivity index (χ4n) is 1.47. The van der Waals surface area contributed by atoms with Crippen molar-refractivity contribution in [1.29, 1.82) is 0 Å². The van der Waals surface area contributed by atoms with E-state index >= 15 is 0 Å². The number of carbonyl (C=O) groups excluding carboxylic acids is 1. The molecule has 0 aliphatic carbocycles. The van der Waals surface area contributed by atoms with Gasteiger partial charge in [0.15, 0.2) is 5.82 Å². The van der Waals surface area contributed by atoms with Crippen LogP contribution in [-0.4, -0.2) is 22.8 Å². The van der Waals surface area contributed by atoms with E-state index in [1.54, 1.807) is 13.0 Å². The van der Waals surface area contributed by atoms with E-state index in [1.165, 1.54) is 18.2 Å². The second-order valence-corrected chi connectivity index (χ2v) is 3.90. The van der Waals surface area contributed by atoms with E-state index in [2.05, 4.69) is 10.2 Å². The third-order valence-corrected chi connectivity index (χ3v) is 2.59. The summed E-state index contributed by atoms with van der Waals surface area (Å²) in [5, 5.41) is 6.38. The summed E-state index contributed by atoms with van der Waals surface area (Å²) in [5.74, 6) is -1.10. The molecule has 1 aromatic heterocycles. The Kier molecular flexibility index (Phi) is 3.62. The largest absolute Gasteiger partial charge is 0.461 e. The predicted octanol–water partition coefficient (Wildman–Crippen LogP) is 3.05. The number of aromatic nitrogens is 2. The maximum atomic E-state index is 13.7. The lowest BCUT2D eigenvalue weighted by Gasteiger charge is -1.99. The highest BCUT2D eigenvalue weighted by Gasteiger charge is 2.15. The van der Waals surface area contributed by atoms with Gasteiger partial charge in [-0.05, 0) is 25.1 Å². The lowest BCUT2D eigenvalue weighted by molar-refractivity contribution is 0.0519. The van der Waals surface area contributed by atoms with Gasteiger partial charge in [-0.3, -0.25) is 5.10 Å². The number of rotatable bonds is 3. The lowest BCUT2D eigenvalue weighted by Crippen LogP contribution is -2.04. The standard InChI is InChI=1S/C12H10ClFN2O2/c1-2-18-12(17)10-6-9(15-16-10)7-4-3-5-8(13)11(7)14/h3-6H,2H2,1H3,(H,15,16). The van der Waals surface area contributed by atoms with E-state index in [4.69, 9.17) is 16.3 Å². The van der Waals surface area contributed by atoms with Crippen molar-refractivity contribution in [1.82, 2.24) is 10.2 Å². The van der Waals surface area contributed by atoms with E-state index in [0.29, 0.717) is 5.69 Å². The number of nitrogens with zero attached hydrogens (tertiary/aromatic N) is 1. The molecule has 1 aromatic carbocycles. The van der Waals surface area contributed by atoms with Gasteiger partial charge in [-0.2, -0.15) is 5.10 Å². The Bertz CT molecular complexity index is 583. The molecule has 1 N–H and O–H groups in total. The Labute approximate surface area is 108 Å². The van der Waals surface area contributed by atoms with Gasteiger partial charge >= 0.3 is 5.97 Å². The van der Waals surface area contributed by atoms with E-state index in [0.717, 1.165) is 0 Å². The van der Waals surface area contributed by atoms with Crippen LogP contribution in [0.15, 0.2) is 24.3 Å². The Morgan fingerprint density at radius 2 is 2.33 bits per heavy atom. The topological polar surface area (TPSA) is 55.0 Å². The second kappa shape index (κ2) is 5.18. The first kappa shape index (κ1) is 12.6. The molecule has 2 aromatic rings. The summed E-state index contributed by atoms with van der Waals surface area (Å²) in [6.45, 7) is 1.96. The van der Waals surface area contributed by atoms with Crippen molar-refractivity contribution in [2.24, 2.45) is 0 Å². The summed E-state index contributed by atoms with van der Waals surface area (Å²) in [6.07, 6.45) is 0. The molecule has 0 atom stereocenters. The molecule has 0 bridgehead atoms. The summed E-state index contributed by atoms with van der Waals surface area (Å²) in [5.41, 5.74) is 0.707. The summed E-state index contributed by atoms with van der Waals surface area (Å²) in [4.78, 5) is 11.4. The fourth-order valence-corrected chi connectivity index (χ4v) is 1.65. The minimum atomic E-state index is -0.568. The molecule has 94 valence electrons. The van der Waals surface area contributed by atoms with Crippen molar-refractivity contribution in [3.8, 4) is 11.3 Å². The van der Waals surface area contributed by atoms with Gasteiger partial charge in [0.1, 0.15) is 5.69 Å².